The Morgan fingerprint density at radius 2 is 2.23 bits per heavy atom. The maximum atomic E-state index is 11.8. The van der Waals surface area contributed by atoms with Crippen LogP contribution in [-0.4, -0.2) is 30.5 Å². The van der Waals surface area contributed by atoms with Crippen molar-refractivity contribution in [3.05, 3.63) is 11.8 Å². The van der Waals surface area contributed by atoms with Gasteiger partial charge in [-0.1, -0.05) is 6.08 Å². The summed E-state index contributed by atoms with van der Waals surface area (Å²) in [4.78, 5) is 1.95. The summed E-state index contributed by atoms with van der Waals surface area (Å²) in [5, 5.41) is 0. The van der Waals surface area contributed by atoms with E-state index in [1.807, 2.05) is 11.0 Å². The molecule has 0 spiro atoms. The minimum atomic E-state index is -4.50. The highest BCUT2D eigenvalue weighted by molar-refractivity contribution is 5.13. The molecule has 13 heavy (non-hydrogen) atoms. The maximum absolute atomic E-state index is 11.8. The largest absolute Gasteiger partial charge is 0.522 e. The minimum Gasteiger partial charge on any atom is -0.372 e. The predicted molar refractivity (Wildman–Crippen MR) is 39.8 cm³/mol. The van der Waals surface area contributed by atoms with Gasteiger partial charge in [0.05, 0.1) is 6.10 Å². The molecule has 0 aromatic rings. The van der Waals surface area contributed by atoms with Gasteiger partial charge in [-0.25, -0.2) is 0 Å². The van der Waals surface area contributed by atoms with E-state index in [1.165, 1.54) is 0 Å². The Labute approximate surface area is 74.0 Å². The summed E-state index contributed by atoms with van der Waals surface area (Å²) in [5.74, 6) is 0. The number of hydrogen-bond donors (Lipinski definition) is 0. The van der Waals surface area contributed by atoms with E-state index in [4.69, 9.17) is 0 Å². The summed E-state index contributed by atoms with van der Waals surface area (Å²) in [6.45, 7) is 1.22. The lowest BCUT2D eigenvalue weighted by atomic mass is 10.2. The first-order chi connectivity index (χ1) is 6.04. The van der Waals surface area contributed by atoms with Gasteiger partial charge < -0.3 is 4.90 Å². The summed E-state index contributed by atoms with van der Waals surface area (Å²) in [6, 6.07) is 0. The molecule has 0 bridgehead atoms. The van der Waals surface area contributed by atoms with Gasteiger partial charge in [-0.3, -0.25) is 4.74 Å². The summed E-state index contributed by atoms with van der Waals surface area (Å²) in [7, 11) is 0. The lowest BCUT2D eigenvalue weighted by Gasteiger charge is -2.15. The van der Waals surface area contributed by atoms with E-state index in [9.17, 15) is 13.2 Å². The van der Waals surface area contributed by atoms with Crippen molar-refractivity contribution in [3.8, 4) is 0 Å². The molecular formula is C8H10F3NO. The van der Waals surface area contributed by atoms with E-state index in [0.717, 1.165) is 18.7 Å². The van der Waals surface area contributed by atoms with Gasteiger partial charge in [0.25, 0.3) is 0 Å². The monoisotopic (exact) mass is 193 g/mol. The highest BCUT2D eigenvalue weighted by Gasteiger charge is 2.38. The number of alkyl halides is 3. The van der Waals surface area contributed by atoms with Crippen LogP contribution in [0.2, 0.25) is 0 Å². The molecule has 0 amide bonds. The van der Waals surface area contributed by atoms with Crippen LogP contribution >= 0.6 is 0 Å². The molecule has 2 heterocycles. The Morgan fingerprint density at radius 1 is 1.46 bits per heavy atom. The van der Waals surface area contributed by atoms with Crippen LogP contribution in [0.4, 0.5) is 13.2 Å². The fourth-order valence-corrected chi connectivity index (χ4v) is 1.89. The van der Waals surface area contributed by atoms with Gasteiger partial charge >= 0.3 is 6.36 Å². The van der Waals surface area contributed by atoms with E-state index >= 15 is 0 Å². The molecule has 1 atom stereocenters. The van der Waals surface area contributed by atoms with Crippen LogP contribution in [0.1, 0.15) is 12.8 Å². The molecule has 74 valence electrons. The molecule has 0 aromatic carbocycles. The molecule has 2 aliphatic rings. The van der Waals surface area contributed by atoms with E-state index < -0.39 is 12.5 Å². The zero-order valence-corrected chi connectivity index (χ0v) is 6.97. The Balaban J connectivity index is 1.92. The van der Waals surface area contributed by atoms with Crippen LogP contribution in [0.5, 0.6) is 0 Å². The van der Waals surface area contributed by atoms with Gasteiger partial charge in [-0.05, 0) is 6.42 Å². The number of nitrogens with zero attached hydrogens (tertiary/aromatic N) is 1. The SMILES string of the molecule is FC(F)(F)O[C@H]1CC2=CCCN2C1. The summed E-state index contributed by atoms with van der Waals surface area (Å²) in [5.41, 5.74) is 1.01. The number of rotatable bonds is 1. The predicted octanol–water partition coefficient (Wildman–Crippen LogP) is 1.88. The number of ether oxygens (including phenoxy) is 1. The Bertz CT molecular complexity index is 236. The lowest BCUT2D eigenvalue weighted by Crippen LogP contribution is -2.27. The van der Waals surface area contributed by atoms with Gasteiger partial charge in [0, 0.05) is 25.2 Å². The van der Waals surface area contributed by atoms with Gasteiger partial charge in [0.1, 0.15) is 0 Å². The molecular weight excluding hydrogens is 183 g/mol. The van der Waals surface area contributed by atoms with Crippen molar-refractivity contribution in [2.45, 2.75) is 25.3 Å². The first kappa shape index (κ1) is 8.87. The van der Waals surface area contributed by atoms with Gasteiger partial charge in [0.15, 0.2) is 0 Å². The molecule has 0 aromatic heterocycles. The van der Waals surface area contributed by atoms with Gasteiger partial charge in [0.2, 0.25) is 0 Å². The van der Waals surface area contributed by atoms with Gasteiger partial charge in [-0.15, -0.1) is 13.2 Å². The Hall–Kier alpha value is -0.710. The average molecular weight is 193 g/mol. The topological polar surface area (TPSA) is 12.5 Å². The standard InChI is InChI=1S/C8H10F3NO/c9-8(10,11)13-7-4-6-2-1-3-12(6)5-7/h2,7H,1,3-5H2/t7-/m0/s1. The molecule has 0 aliphatic carbocycles. The third-order valence-electron chi connectivity index (χ3n) is 2.35. The van der Waals surface area contributed by atoms with Crippen LogP contribution in [-0.2, 0) is 4.74 Å². The second kappa shape index (κ2) is 2.90. The van der Waals surface area contributed by atoms with Crippen LogP contribution in [0.15, 0.2) is 11.8 Å². The van der Waals surface area contributed by atoms with Crippen molar-refractivity contribution in [2.24, 2.45) is 0 Å². The molecule has 0 unspecified atom stereocenters. The zero-order chi connectivity index (χ0) is 9.47. The van der Waals surface area contributed by atoms with E-state index in [-0.39, 0.29) is 0 Å². The third-order valence-corrected chi connectivity index (χ3v) is 2.35. The summed E-state index contributed by atoms with van der Waals surface area (Å²) < 4.78 is 39.4. The molecule has 0 saturated carbocycles. The molecule has 0 radical (unpaired) electrons. The average Bonchev–Trinajstić information content (AvgIpc) is 2.40. The van der Waals surface area contributed by atoms with Crippen molar-refractivity contribution >= 4 is 0 Å². The number of fused-ring (bicyclic) bond motifs is 1. The number of hydrogen-bond acceptors (Lipinski definition) is 2. The second-order valence-corrected chi connectivity index (χ2v) is 3.32. The summed E-state index contributed by atoms with van der Waals surface area (Å²) in [6.07, 6.45) is -1.86. The quantitative estimate of drug-likeness (QED) is 0.630. The van der Waals surface area contributed by atoms with Crippen molar-refractivity contribution in [1.82, 2.24) is 4.90 Å². The van der Waals surface area contributed by atoms with E-state index in [0.29, 0.717) is 13.0 Å². The highest BCUT2D eigenvalue weighted by Crippen LogP contribution is 2.31. The van der Waals surface area contributed by atoms with Crippen LogP contribution in [0.3, 0.4) is 0 Å². The Morgan fingerprint density at radius 3 is 2.85 bits per heavy atom. The fraction of sp³-hybridized carbons (Fsp3) is 0.750. The van der Waals surface area contributed by atoms with Crippen LogP contribution in [0.25, 0.3) is 0 Å². The molecule has 1 fully saturated rings. The van der Waals surface area contributed by atoms with Crippen LogP contribution in [0, 0.1) is 0 Å². The molecule has 0 N–H and O–H groups in total. The van der Waals surface area contributed by atoms with Crippen molar-refractivity contribution in [3.63, 3.8) is 0 Å². The first-order valence-corrected chi connectivity index (χ1v) is 4.23. The summed E-state index contributed by atoms with van der Waals surface area (Å²) >= 11 is 0. The van der Waals surface area contributed by atoms with Gasteiger partial charge in [-0.2, -0.15) is 0 Å². The molecule has 2 nitrogen and oxygen atoms in total. The van der Waals surface area contributed by atoms with Crippen molar-refractivity contribution < 1.29 is 17.9 Å². The zero-order valence-electron chi connectivity index (χ0n) is 6.97. The van der Waals surface area contributed by atoms with Crippen LogP contribution < -0.4 is 0 Å². The van der Waals surface area contributed by atoms with E-state index in [1.54, 1.807) is 0 Å². The second-order valence-electron chi connectivity index (χ2n) is 3.32. The van der Waals surface area contributed by atoms with Crippen molar-refractivity contribution in [2.75, 3.05) is 13.1 Å². The Kier molecular flexibility index (Phi) is 1.98. The molecule has 1 saturated heterocycles. The van der Waals surface area contributed by atoms with E-state index in [2.05, 4.69) is 4.74 Å². The maximum Gasteiger partial charge on any atom is 0.522 e. The molecule has 5 heteroatoms. The molecule has 2 aliphatic heterocycles. The smallest absolute Gasteiger partial charge is 0.372 e. The fourth-order valence-electron chi connectivity index (χ4n) is 1.89. The lowest BCUT2D eigenvalue weighted by molar-refractivity contribution is -0.340. The van der Waals surface area contributed by atoms with Crippen molar-refractivity contribution in [1.29, 1.82) is 0 Å². The first-order valence-electron chi connectivity index (χ1n) is 4.23. The molecule has 2 rings (SSSR count). The normalized spacial score (nSPS) is 27.8. The third kappa shape index (κ3) is 1.96. The minimum absolute atomic E-state index is 0.380. The number of halogens is 3. The highest BCUT2D eigenvalue weighted by atomic mass is 19.4.